The van der Waals surface area contributed by atoms with E-state index in [-0.39, 0.29) is 18.0 Å². The monoisotopic (exact) mass is 406 g/mol. The first-order chi connectivity index (χ1) is 12.1. The van der Waals surface area contributed by atoms with Crippen LogP contribution in [0.5, 0.6) is 0 Å². The molecule has 5 nitrogen and oxygen atoms in total. The van der Waals surface area contributed by atoms with E-state index in [9.17, 15) is 4.79 Å². The Morgan fingerprint density at radius 3 is 2.84 bits per heavy atom. The van der Waals surface area contributed by atoms with Crippen molar-refractivity contribution in [1.29, 1.82) is 0 Å². The number of hydrogen-bond acceptors (Lipinski definition) is 5. The summed E-state index contributed by atoms with van der Waals surface area (Å²) in [5.74, 6) is -0.108. The van der Waals surface area contributed by atoms with E-state index in [1.807, 2.05) is 31.2 Å². The van der Waals surface area contributed by atoms with Gasteiger partial charge in [-0.05, 0) is 37.5 Å². The van der Waals surface area contributed by atoms with E-state index < -0.39 is 5.54 Å². The number of nitrogens with zero attached hydrogens (tertiary/aromatic N) is 2. The van der Waals surface area contributed by atoms with E-state index >= 15 is 0 Å². The lowest BCUT2D eigenvalue weighted by Gasteiger charge is -2.22. The molecule has 0 spiro atoms. The van der Waals surface area contributed by atoms with Crippen molar-refractivity contribution in [3.8, 4) is 0 Å². The second kappa shape index (κ2) is 7.68. The highest BCUT2D eigenvalue weighted by Crippen LogP contribution is 2.44. The first kappa shape index (κ1) is 18.1. The van der Waals surface area contributed by atoms with Gasteiger partial charge in [0.25, 0.3) is 0 Å². The fourth-order valence-corrected chi connectivity index (χ4v) is 3.79. The van der Waals surface area contributed by atoms with Crippen molar-refractivity contribution in [3.05, 3.63) is 34.3 Å². The molecule has 3 rings (SSSR count). The number of fused-ring (bicyclic) bond motifs is 1. The van der Waals surface area contributed by atoms with Crippen molar-refractivity contribution in [2.24, 2.45) is 16.1 Å². The molecule has 0 aromatic heterocycles. The average Bonchev–Trinajstić information content (AvgIpc) is 3.14. The minimum atomic E-state index is -0.882. The van der Waals surface area contributed by atoms with Crippen molar-refractivity contribution in [2.75, 3.05) is 6.61 Å². The van der Waals surface area contributed by atoms with Crippen LogP contribution in [-0.2, 0) is 14.4 Å². The number of esters is 1. The number of hydrogen-bond donors (Lipinski definition) is 0. The zero-order valence-corrected chi connectivity index (χ0v) is 16.2. The Kier molecular flexibility index (Phi) is 5.57. The maximum Gasteiger partial charge on any atom is 0.334 e. The molecule has 1 aliphatic carbocycles. The number of aliphatic imine (C=N–C) groups is 1. The van der Waals surface area contributed by atoms with Gasteiger partial charge in [-0.1, -0.05) is 46.6 Å². The number of halogens is 1. The van der Waals surface area contributed by atoms with Crippen LogP contribution in [0.2, 0.25) is 0 Å². The molecular weight excluding hydrogens is 384 g/mol. The number of rotatable bonds is 6. The Labute approximate surface area is 156 Å². The van der Waals surface area contributed by atoms with E-state index in [1.54, 1.807) is 6.21 Å². The number of benzene rings is 1. The van der Waals surface area contributed by atoms with Gasteiger partial charge in [0.2, 0.25) is 0 Å². The molecule has 0 N–H and O–H groups in total. The van der Waals surface area contributed by atoms with Gasteiger partial charge in [0.15, 0.2) is 5.54 Å². The van der Waals surface area contributed by atoms with E-state index in [2.05, 4.69) is 28.0 Å². The van der Waals surface area contributed by atoms with Crippen LogP contribution in [0.3, 0.4) is 0 Å². The summed E-state index contributed by atoms with van der Waals surface area (Å²) >= 11 is 3.42. The molecular formula is C19H23BrN2O3. The van der Waals surface area contributed by atoms with E-state index in [0.29, 0.717) is 19.4 Å². The van der Waals surface area contributed by atoms with Gasteiger partial charge < -0.3 is 9.57 Å². The van der Waals surface area contributed by atoms with E-state index in [1.165, 1.54) is 0 Å². The van der Waals surface area contributed by atoms with Gasteiger partial charge in [0.1, 0.15) is 6.10 Å². The summed E-state index contributed by atoms with van der Waals surface area (Å²) in [6.45, 7) is 4.29. The molecule has 1 saturated carbocycles. The molecule has 3 unspecified atom stereocenters. The van der Waals surface area contributed by atoms with E-state index in [4.69, 9.17) is 14.6 Å². The van der Waals surface area contributed by atoms with Crippen LogP contribution in [-0.4, -0.2) is 36.1 Å². The third-order valence-electron chi connectivity index (χ3n) is 4.77. The van der Waals surface area contributed by atoms with Gasteiger partial charge in [-0.3, -0.25) is 4.99 Å². The van der Waals surface area contributed by atoms with Crippen LogP contribution in [0.15, 0.2) is 38.9 Å². The summed E-state index contributed by atoms with van der Waals surface area (Å²) in [6.07, 6.45) is 4.72. The largest absolute Gasteiger partial charge is 0.464 e. The Hall–Kier alpha value is -1.69. The summed E-state index contributed by atoms with van der Waals surface area (Å²) in [5.41, 5.74) is 1.12. The SMILES string of the molecule is CCCC1=NOC2CC(N=Cc3ccc(Br)cc3)(C(=O)OCC)CC12. The first-order valence-corrected chi connectivity index (χ1v) is 9.58. The molecule has 2 aliphatic rings. The number of carbonyl (C=O) groups is 1. The summed E-state index contributed by atoms with van der Waals surface area (Å²) < 4.78 is 6.35. The lowest BCUT2D eigenvalue weighted by atomic mass is 9.93. The minimum Gasteiger partial charge on any atom is -0.464 e. The topological polar surface area (TPSA) is 60.2 Å². The molecule has 1 heterocycles. The highest BCUT2D eigenvalue weighted by molar-refractivity contribution is 9.10. The van der Waals surface area contributed by atoms with Crippen LogP contribution in [0.1, 0.15) is 45.1 Å². The number of carbonyl (C=O) groups excluding carboxylic acids is 1. The zero-order chi connectivity index (χ0) is 17.9. The lowest BCUT2D eigenvalue weighted by Crippen LogP contribution is -2.37. The van der Waals surface area contributed by atoms with Crippen LogP contribution in [0.4, 0.5) is 0 Å². The Balaban J connectivity index is 1.84. The van der Waals surface area contributed by atoms with Gasteiger partial charge in [-0.2, -0.15) is 0 Å². The molecule has 6 heteroatoms. The normalized spacial score (nSPS) is 27.9. The molecule has 0 radical (unpaired) electrons. The minimum absolute atomic E-state index is 0.0759. The zero-order valence-electron chi connectivity index (χ0n) is 14.6. The van der Waals surface area contributed by atoms with Gasteiger partial charge in [0.05, 0.1) is 12.3 Å². The standard InChI is InChI=1S/C19H23BrN2O3/c1-3-5-16-15-10-19(18(23)24-4-2,11-17(15)25-22-16)21-12-13-6-8-14(20)9-7-13/h6-9,12,15,17H,3-5,10-11H2,1-2H3. The van der Waals surface area contributed by atoms with Gasteiger partial charge in [-0.25, -0.2) is 4.79 Å². The molecule has 1 aromatic carbocycles. The van der Waals surface area contributed by atoms with Crippen molar-refractivity contribution >= 4 is 33.8 Å². The number of ether oxygens (including phenoxy) is 1. The highest BCUT2D eigenvalue weighted by Gasteiger charge is 2.55. The molecule has 25 heavy (non-hydrogen) atoms. The molecule has 0 bridgehead atoms. The molecule has 0 saturated heterocycles. The second-order valence-corrected chi connectivity index (χ2v) is 7.47. The van der Waals surface area contributed by atoms with Gasteiger partial charge >= 0.3 is 5.97 Å². The van der Waals surface area contributed by atoms with Crippen molar-refractivity contribution in [3.63, 3.8) is 0 Å². The summed E-state index contributed by atoms with van der Waals surface area (Å²) in [5, 5.41) is 4.22. The Morgan fingerprint density at radius 2 is 2.16 bits per heavy atom. The average molecular weight is 407 g/mol. The van der Waals surface area contributed by atoms with Crippen molar-refractivity contribution < 1.29 is 14.4 Å². The Bertz CT molecular complexity index is 686. The first-order valence-electron chi connectivity index (χ1n) is 8.78. The lowest BCUT2D eigenvalue weighted by molar-refractivity contribution is -0.149. The third-order valence-corrected chi connectivity index (χ3v) is 5.30. The van der Waals surface area contributed by atoms with E-state index in [0.717, 1.165) is 28.6 Å². The van der Waals surface area contributed by atoms with Crippen molar-refractivity contribution in [2.45, 2.75) is 51.2 Å². The van der Waals surface area contributed by atoms with Crippen LogP contribution in [0, 0.1) is 5.92 Å². The molecule has 134 valence electrons. The third kappa shape index (κ3) is 3.78. The fourth-order valence-electron chi connectivity index (χ4n) is 3.52. The van der Waals surface area contributed by atoms with Gasteiger partial charge in [-0.15, -0.1) is 0 Å². The maximum atomic E-state index is 12.7. The summed E-state index contributed by atoms with van der Waals surface area (Å²) in [4.78, 5) is 23.0. The van der Waals surface area contributed by atoms with Crippen LogP contribution in [0.25, 0.3) is 0 Å². The highest BCUT2D eigenvalue weighted by atomic mass is 79.9. The summed E-state index contributed by atoms with van der Waals surface area (Å²) in [6, 6.07) is 7.83. The molecule has 0 amide bonds. The molecule has 1 aliphatic heterocycles. The molecule has 3 atom stereocenters. The predicted octanol–water partition coefficient (Wildman–Crippen LogP) is 4.13. The quantitative estimate of drug-likeness (QED) is 0.526. The second-order valence-electron chi connectivity index (χ2n) is 6.55. The number of oxime groups is 1. The fraction of sp³-hybridized carbons (Fsp3) is 0.526. The molecule has 1 fully saturated rings. The molecule has 1 aromatic rings. The van der Waals surface area contributed by atoms with Crippen molar-refractivity contribution in [1.82, 2.24) is 0 Å². The summed E-state index contributed by atoms with van der Waals surface area (Å²) in [7, 11) is 0. The van der Waals surface area contributed by atoms with Crippen LogP contribution < -0.4 is 0 Å². The van der Waals surface area contributed by atoms with Crippen LogP contribution >= 0.6 is 15.9 Å². The predicted molar refractivity (Wildman–Crippen MR) is 101 cm³/mol. The maximum absolute atomic E-state index is 12.7. The van der Waals surface area contributed by atoms with Gasteiger partial charge in [0, 0.05) is 23.0 Å². The smallest absolute Gasteiger partial charge is 0.334 e. The Morgan fingerprint density at radius 1 is 1.40 bits per heavy atom.